The van der Waals surface area contributed by atoms with Gasteiger partial charge >= 0.3 is 0 Å². The summed E-state index contributed by atoms with van der Waals surface area (Å²) in [7, 11) is 1.80. The highest BCUT2D eigenvalue weighted by Crippen LogP contribution is 2.45. The van der Waals surface area contributed by atoms with Crippen LogP contribution in [0.5, 0.6) is 5.75 Å². The number of ether oxygens (including phenoxy) is 1. The summed E-state index contributed by atoms with van der Waals surface area (Å²) in [6, 6.07) is 3.69. The van der Waals surface area contributed by atoms with Crippen molar-refractivity contribution in [3.63, 3.8) is 0 Å². The molecule has 1 aromatic heterocycles. The van der Waals surface area contributed by atoms with Crippen LogP contribution in [0.1, 0.15) is 11.3 Å². The van der Waals surface area contributed by atoms with E-state index in [1.807, 2.05) is 19.1 Å². The van der Waals surface area contributed by atoms with Gasteiger partial charge in [-0.25, -0.2) is 9.37 Å². The topological polar surface area (TPSA) is 74.3 Å². The fraction of sp³-hybridized carbons (Fsp3) is 0.500. The summed E-state index contributed by atoms with van der Waals surface area (Å²) in [5, 5.41) is 9.55. The molecule has 3 aliphatic heterocycles. The zero-order valence-corrected chi connectivity index (χ0v) is 16.2. The molecule has 3 N–H and O–H groups in total. The van der Waals surface area contributed by atoms with E-state index < -0.39 is 0 Å². The number of nitrogens with one attached hydrogen (secondary N) is 3. The highest BCUT2D eigenvalue weighted by molar-refractivity contribution is 5.74. The van der Waals surface area contributed by atoms with Crippen LogP contribution in [0.2, 0.25) is 0 Å². The Balaban J connectivity index is 1.52. The van der Waals surface area contributed by atoms with E-state index >= 15 is 4.39 Å². The van der Waals surface area contributed by atoms with E-state index in [9.17, 15) is 0 Å². The van der Waals surface area contributed by atoms with E-state index in [0.29, 0.717) is 47.3 Å². The Kier molecular flexibility index (Phi) is 4.23. The van der Waals surface area contributed by atoms with Gasteiger partial charge in [0, 0.05) is 57.0 Å². The fourth-order valence-electron chi connectivity index (χ4n) is 4.58. The van der Waals surface area contributed by atoms with Crippen molar-refractivity contribution in [3.8, 4) is 5.75 Å². The minimum atomic E-state index is -0.287. The van der Waals surface area contributed by atoms with Crippen LogP contribution in [-0.4, -0.2) is 49.8 Å². The first kappa shape index (κ1) is 17.5. The minimum Gasteiger partial charge on any atom is -0.491 e. The van der Waals surface area contributed by atoms with E-state index in [0.717, 1.165) is 43.9 Å². The third-order valence-corrected chi connectivity index (χ3v) is 5.95. The largest absolute Gasteiger partial charge is 0.491 e. The van der Waals surface area contributed by atoms with Crippen LogP contribution in [0.15, 0.2) is 12.1 Å². The van der Waals surface area contributed by atoms with Gasteiger partial charge in [-0.2, -0.15) is 4.98 Å². The van der Waals surface area contributed by atoms with Gasteiger partial charge in [0.2, 0.25) is 5.95 Å². The molecule has 3 aliphatic rings. The molecule has 2 saturated heterocycles. The molecule has 2 aromatic rings. The maximum absolute atomic E-state index is 15.7. The van der Waals surface area contributed by atoms with Crippen molar-refractivity contribution in [3.05, 3.63) is 29.2 Å². The Bertz CT molecular complexity index is 908. The van der Waals surface area contributed by atoms with E-state index in [4.69, 9.17) is 4.74 Å². The second-order valence-corrected chi connectivity index (χ2v) is 7.85. The number of nitrogens with zero attached hydrogens (tertiary/aromatic N) is 3. The number of benzene rings is 1. The van der Waals surface area contributed by atoms with Crippen LogP contribution in [0.25, 0.3) is 0 Å². The normalized spacial score (nSPS) is 22.8. The van der Waals surface area contributed by atoms with Crippen molar-refractivity contribution in [2.45, 2.75) is 13.3 Å². The number of fused-ring (bicyclic) bond motifs is 2. The van der Waals surface area contributed by atoms with Crippen LogP contribution >= 0.6 is 0 Å². The van der Waals surface area contributed by atoms with E-state index in [1.165, 1.54) is 0 Å². The third-order valence-electron chi connectivity index (χ3n) is 5.95. The molecule has 2 atom stereocenters. The summed E-state index contributed by atoms with van der Waals surface area (Å²) < 4.78 is 21.5. The number of hydrogen-bond acceptors (Lipinski definition) is 7. The Labute approximate surface area is 163 Å². The molecular formula is C20H25FN6O. The van der Waals surface area contributed by atoms with Crippen LogP contribution in [0, 0.1) is 24.6 Å². The molecule has 1 aromatic carbocycles. The van der Waals surface area contributed by atoms with E-state index in [-0.39, 0.29) is 5.82 Å². The number of halogens is 1. The van der Waals surface area contributed by atoms with Gasteiger partial charge in [0.1, 0.15) is 17.3 Å². The fourth-order valence-corrected chi connectivity index (χ4v) is 4.58. The maximum atomic E-state index is 15.7. The molecule has 5 rings (SSSR count). The zero-order chi connectivity index (χ0) is 19.3. The van der Waals surface area contributed by atoms with Crippen molar-refractivity contribution in [1.82, 2.24) is 15.3 Å². The third kappa shape index (κ3) is 2.92. The Morgan fingerprint density at radius 1 is 1.21 bits per heavy atom. The number of hydrogen-bond donors (Lipinski definition) is 3. The first-order valence-electron chi connectivity index (χ1n) is 9.86. The Morgan fingerprint density at radius 2 is 2.00 bits per heavy atom. The molecule has 8 heteroatoms. The number of rotatable bonds is 4. The second kappa shape index (κ2) is 6.77. The molecule has 148 valence electrons. The number of aromatic nitrogens is 2. The van der Waals surface area contributed by atoms with Crippen LogP contribution in [0.3, 0.4) is 0 Å². The van der Waals surface area contributed by atoms with Gasteiger partial charge < -0.3 is 25.6 Å². The van der Waals surface area contributed by atoms with Crippen LogP contribution in [0.4, 0.5) is 27.5 Å². The zero-order valence-electron chi connectivity index (χ0n) is 16.2. The van der Waals surface area contributed by atoms with Gasteiger partial charge in [-0.1, -0.05) is 0 Å². The van der Waals surface area contributed by atoms with Gasteiger partial charge in [-0.3, -0.25) is 0 Å². The van der Waals surface area contributed by atoms with Crippen molar-refractivity contribution >= 4 is 23.1 Å². The average molecular weight is 384 g/mol. The smallest absolute Gasteiger partial charge is 0.229 e. The predicted octanol–water partition coefficient (Wildman–Crippen LogP) is 2.30. The number of aryl methyl sites for hydroxylation is 1. The summed E-state index contributed by atoms with van der Waals surface area (Å²) in [6.45, 7) is 6.22. The molecule has 7 nitrogen and oxygen atoms in total. The van der Waals surface area contributed by atoms with Crippen LogP contribution in [-0.2, 0) is 6.42 Å². The summed E-state index contributed by atoms with van der Waals surface area (Å²) in [4.78, 5) is 11.0. The maximum Gasteiger partial charge on any atom is 0.229 e. The summed E-state index contributed by atoms with van der Waals surface area (Å²) in [5.74, 6) is 2.65. The molecule has 0 amide bonds. The highest BCUT2D eigenvalue weighted by atomic mass is 19.1. The molecule has 0 saturated carbocycles. The summed E-state index contributed by atoms with van der Waals surface area (Å²) in [6.07, 6.45) is 0.788. The van der Waals surface area contributed by atoms with Crippen molar-refractivity contribution < 1.29 is 9.13 Å². The minimum absolute atomic E-state index is 0.287. The van der Waals surface area contributed by atoms with Crippen molar-refractivity contribution in [2.24, 2.45) is 11.8 Å². The summed E-state index contributed by atoms with van der Waals surface area (Å²) in [5.41, 5.74) is 2.85. The standard InChI is InChI=1S/C20H25FN6O/c1-11-5-16(22-2)26-20(24-11)25-15-6-12-3-4-28-19(12)18(17(15)21)27-9-13-7-23-8-14(13)10-27/h5-6,13-14,23H,3-4,7-10H2,1-2H3,(H2,22,24,25,26)/t13-,14+. The second-order valence-electron chi connectivity index (χ2n) is 7.85. The lowest BCUT2D eigenvalue weighted by atomic mass is 10.0. The molecule has 0 aliphatic carbocycles. The lowest BCUT2D eigenvalue weighted by Gasteiger charge is -2.24. The van der Waals surface area contributed by atoms with E-state index in [1.54, 1.807) is 7.05 Å². The Hall–Kier alpha value is -2.61. The van der Waals surface area contributed by atoms with Gasteiger partial charge in [-0.05, 0) is 24.8 Å². The SMILES string of the molecule is CNc1cc(C)nc(Nc2cc3c(c(N4C[C@H]5CNC[C@H]5C4)c2F)OCC3)n1. The monoisotopic (exact) mass is 384 g/mol. The quantitative estimate of drug-likeness (QED) is 0.747. The molecule has 2 fully saturated rings. The first-order chi connectivity index (χ1) is 13.6. The molecule has 0 spiro atoms. The van der Waals surface area contributed by atoms with Gasteiger partial charge in [-0.15, -0.1) is 0 Å². The van der Waals surface area contributed by atoms with Crippen LogP contribution < -0.4 is 25.6 Å². The molecule has 28 heavy (non-hydrogen) atoms. The van der Waals surface area contributed by atoms with Gasteiger partial charge in [0.25, 0.3) is 0 Å². The Morgan fingerprint density at radius 3 is 2.75 bits per heavy atom. The molecule has 0 bridgehead atoms. The first-order valence-corrected chi connectivity index (χ1v) is 9.86. The van der Waals surface area contributed by atoms with Crippen molar-refractivity contribution in [1.29, 1.82) is 0 Å². The molecular weight excluding hydrogens is 359 g/mol. The predicted molar refractivity (Wildman–Crippen MR) is 107 cm³/mol. The summed E-state index contributed by atoms with van der Waals surface area (Å²) >= 11 is 0. The highest BCUT2D eigenvalue weighted by Gasteiger charge is 2.39. The lowest BCUT2D eigenvalue weighted by Crippen LogP contribution is -2.27. The van der Waals surface area contributed by atoms with Gasteiger partial charge in [0.15, 0.2) is 5.82 Å². The molecule has 4 heterocycles. The molecule has 0 unspecified atom stereocenters. The average Bonchev–Trinajstić information content (AvgIpc) is 3.37. The van der Waals surface area contributed by atoms with Gasteiger partial charge in [0.05, 0.1) is 12.3 Å². The van der Waals surface area contributed by atoms with E-state index in [2.05, 4.69) is 30.8 Å². The number of anilines is 4. The van der Waals surface area contributed by atoms with Crippen molar-refractivity contribution in [2.75, 3.05) is 55.4 Å². The lowest BCUT2D eigenvalue weighted by molar-refractivity contribution is 0.355. The molecule has 0 radical (unpaired) electrons.